The lowest BCUT2D eigenvalue weighted by Gasteiger charge is -2.12. The van der Waals surface area contributed by atoms with Gasteiger partial charge in [-0.05, 0) is 49.2 Å². The maximum Gasteiger partial charge on any atom is 0.261 e. The first-order valence-corrected chi connectivity index (χ1v) is 8.26. The maximum absolute atomic E-state index is 12.4. The molecule has 2 aromatic rings. The van der Waals surface area contributed by atoms with E-state index in [-0.39, 0.29) is 10.5 Å². The fourth-order valence-electron chi connectivity index (χ4n) is 1.94. The van der Waals surface area contributed by atoms with Crippen LogP contribution in [0.2, 0.25) is 5.02 Å². The average molecular weight is 339 g/mol. The largest absolute Gasteiger partial charge is 0.366 e. The van der Waals surface area contributed by atoms with Crippen molar-refractivity contribution in [2.75, 3.05) is 4.72 Å². The van der Waals surface area contributed by atoms with E-state index in [1.54, 1.807) is 32.0 Å². The molecule has 2 aromatic carbocycles. The zero-order valence-corrected chi connectivity index (χ0v) is 13.6. The van der Waals surface area contributed by atoms with Crippen LogP contribution >= 0.6 is 11.6 Å². The van der Waals surface area contributed by atoms with Crippen molar-refractivity contribution in [3.05, 3.63) is 58.1 Å². The Kier molecular flexibility index (Phi) is 4.44. The molecular formula is C15H15ClN2O3S. The topological polar surface area (TPSA) is 89.3 Å². The van der Waals surface area contributed by atoms with Crippen molar-refractivity contribution in [2.24, 2.45) is 5.73 Å². The minimum absolute atomic E-state index is 0.0359. The molecule has 0 fully saturated rings. The molecule has 0 atom stereocenters. The molecule has 0 saturated carbocycles. The first-order chi connectivity index (χ1) is 10.2. The van der Waals surface area contributed by atoms with Gasteiger partial charge in [-0.25, -0.2) is 8.42 Å². The van der Waals surface area contributed by atoms with E-state index in [9.17, 15) is 13.2 Å². The molecule has 1 amide bonds. The molecule has 22 heavy (non-hydrogen) atoms. The molecule has 0 aliphatic heterocycles. The molecule has 0 bridgehead atoms. The molecule has 3 N–H and O–H groups in total. The first kappa shape index (κ1) is 16.3. The molecular weight excluding hydrogens is 324 g/mol. The van der Waals surface area contributed by atoms with Crippen molar-refractivity contribution in [2.45, 2.75) is 18.7 Å². The fraction of sp³-hybridized carbons (Fsp3) is 0.133. The number of carbonyl (C=O) groups excluding carboxylic acids is 1. The lowest BCUT2D eigenvalue weighted by molar-refractivity contribution is 0.0999. The van der Waals surface area contributed by atoms with Crippen LogP contribution in [0.25, 0.3) is 0 Å². The van der Waals surface area contributed by atoms with Gasteiger partial charge in [0, 0.05) is 10.6 Å². The van der Waals surface area contributed by atoms with E-state index < -0.39 is 15.9 Å². The molecule has 0 unspecified atom stereocenters. The van der Waals surface area contributed by atoms with Crippen LogP contribution in [0.1, 0.15) is 21.5 Å². The third-order valence-electron chi connectivity index (χ3n) is 3.23. The van der Waals surface area contributed by atoms with Crippen molar-refractivity contribution >= 4 is 33.2 Å². The smallest absolute Gasteiger partial charge is 0.261 e. The summed E-state index contributed by atoms with van der Waals surface area (Å²) in [6.07, 6.45) is 0. The summed E-state index contributed by atoms with van der Waals surface area (Å²) in [5, 5.41) is 0.421. The second kappa shape index (κ2) is 5.98. The molecule has 0 aromatic heterocycles. The molecule has 0 heterocycles. The standard InChI is InChI=1S/C15H15ClN2O3S/c1-9-4-6-12(8-13(9)15(17)19)22(20,21)18-14-7-11(16)5-3-10(14)2/h3-8,18H,1-2H3,(H2,17,19). The van der Waals surface area contributed by atoms with E-state index in [4.69, 9.17) is 17.3 Å². The highest BCUT2D eigenvalue weighted by Gasteiger charge is 2.18. The van der Waals surface area contributed by atoms with Gasteiger partial charge in [-0.1, -0.05) is 23.7 Å². The van der Waals surface area contributed by atoms with Crippen LogP contribution in [0.15, 0.2) is 41.3 Å². The Hall–Kier alpha value is -2.05. The van der Waals surface area contributed by atoms with Crippen LogP contribution < -0.4 is 10.5 Å². The van der Waals surface area contributed by atoms with Gasteiger partial charge in [0.2, 0.25) is 5.91 Å². The van der Waals surface area contributed by atoms with Crippen molar-refractivity contribution in [3.63, 3.8) is 0 Å². The minimum Gasteiger partial charge on any atom is -0.366 e. The van der Waals surface area contributed by atoms with E-state index in [0.717, 1.165) is 5.56 Å². The van der Waals surface area contributed by atoms with Crippen molar-refractivity contribution in [3.8, 4) is 0 Å². The van der Waals surface area contributed by atoms with Gasteiger partial charge in [0.25, 0.3) is 10.0 Å². The minimum atomic E-state index is -3.84. The number of hydrogen-bond acceptors (Lipinski definition) is 3. The Balaban J connectivity index is 2.45. The molecule has 0 aliphatic rings. The van der Waals surface area contributed by atoms with Crippen LogP contribution in [0.3, 0.4) is 0 Å². The molecule has 2 rings (SSSR count). The van der Waals surface area contributed by atoms with Crippen LogP contribution in [0, 0.1) is 13.8 Å². The molecule has 0 spiro atoms. The van der Waals surface area contributed by atoms with Gasteiger partial charge in [0.15, 0.2) is 0 Å². The number of nitrogens with one attached hydrogen (secondary N) is 1. The second-order valence-electron chi connectivity index (χ2n) is 4.91. The van der Waals surface area contributed by atoms with E-state index >= 15 is 0 Å². The number of carbonyl (C=O) groups is 1. The third-order valence-corrected chi connectivity index (χ3v) is 4.83. The molecule has 7 heteroatoms. The first-order valence-electron chi connectivity index (χ1n) is 6.40. The zero-order valence-electron chi connectivity index (χ0n) is 12.1. The van der Waals surface area contributed by atoms with Gasteiger partial charge in [0.05, 0.1) is 10.6 Å². The predicted molar refractivity (Wildman–Crippen MR) is 86.7 cm³/mol. The zero-order chi connectivity index (χ0) is 16.5. The van der Waals surface area contributed by atoms with Crippen LogP contribution in [0.5, 0.6) is 0 Å². The van der Waals surface area contributed by atoms with Crippen LogP contribution in [-0.2, 0) is 10.0 Å². The summed E-state index contributed by atoms with van der Waals surface area (Å²) in [6.45, 7) is 3.45. The highest BCUT2D eigenvalue weighted by molar-refractivity contribution is 7.92. The van der Waals surface area contributed by atoms with Gasteiger partial charge < -0.3 is 5.73 Å². The number of aryl methyl sites for hydroxylation is 2. The summed E-state index contributed by atoms with van der Waals surface area (Å²) in [5.74, 6) is -0.673. The van der Waals surface area contributed by atoms with Gasteiger partial charge in [-0.3, -0.25) is 9.52 Å². The van der Waals surface area contributed by atoms with Crippen LogP contribution in [-0.4, -0.2) is 14.3 Å². The summed E-state index contributed by atoms with van der Waals surface area (Å²) in [6, 6.07) is 9.14. The molecule has 0 saturated heterocycles. The number of rotatable bonds is 4. The Morgan fingerprint density at radius 2 is 1.73 bits per heavy atom. The number of anilines is 1. The van der Waals surface area contributed by atoms with Gasteiger partial charge in [-0.15, -0.1) is 0 Å². The van der Waals surface area contributed by atoms with Gasteiger partial charge in [-0.2, -0.15) is 0 Å². The molecule has 5 nitrogen and oxygen atoms in total. The Labute approximate surface area is 134 Å². The Morgan fingerprint density at radius 1 is 1.09 bits per heavy atom. The lowest BCUT2D eigenvalue weighted by Crippen LogP contribution is -2.17. The van der Waals surface area contributed by atoms with Gasteiger partial charge >= 0.3 is 0 Å². The highest BCUT2D eigenvalue weighted by atomic mass is 35.5. The quantitative estimate of drug-likeness (QED) is 0.898. The average Bonchev–Trinajstić information content (AvgIpc) is 2.42. The third kappa shape index (κ3) is 3.40. The summed E-state index contributed by atoms with van der Waals surface area (Å²) in [7, 11) is -3.84. The number of primary amides is 1. The maximum atomic E-state index is 12.4. The SMILES string of the molecule is Cc1ccc(Cl)cc1NS(=O)(=O)c1ccc(C)c(C(N)=O)c1. The Morgan fingerprint density at radius 3 is 2.36 bits per heavy atom. The molecule has 0 radical (unpaired) electrons. The summed E-state index contributed by atoms with van der Waals surface area (Å²) in [5.41, 5.74) is 7.15. The summed E-state index contributed by atoms with van der Waals surface area (Å²) < 4.78 is 27.4. The number of nitrogens with two attached hydrogens (primary N) is 1. The number of amides is 1. The monoisotopic (exact) mass is 338 g/mol. The van der Waals surface area contributed by atoms with E-state index in [1.807, 2.05) is 0 Å². The molecule has 0 aliphatic carbocycles. The van der Waals surface area contributed by atoms with E-state index in [1.165, 1.54) is 18.2 Å². The number of hydrogen-bond donors (Lipinski definition) is 2. The van der Waals surface area contributed by atoms with Crippen molar-refractivity contribution in [1.29, 1.82) is 0 Å². The molecule has 116 valence electrons. The Bertz CT molecular complexity index is 848. The fourth-order valence-corrected chi connectivity index (χ4v) is 3.26. The normalized spacial score (nSPS) is 11.2. The number of sulfonamides is 1. The highest BCUT2D eigenvalue weighted by Crippen LogP contribution is 2.24. The van der Waals surface area contributed by atoms with Crippen LogP contribution in [0.4, 0.5) is 5.69 Å². The summed E-state index contributed by atoms with van der Waals surface area (Å²) >= 11 is 5.88. The van der Waals surface area contributed by atoms with E-state index in [2.05, 4.69) is 4.72 Å². The lowest BCUT2D eigenvalue weighted by atomic mass is 10.1. The second-order valence-corrected chi connectivity index (χ2v) is 7.02. The predicted octanol–water partition coefficient (Wildman–Crippen LogP) is 2.86. The van der Waals surface area contributed by atoms with Crippen molar-refractivity contribution in [1.82, 2.24) is 0 Å². The van der Waals surface area contributed by atoms with Crippen molar-refractivity contribution < 1.29 is 13.2 Å². The van der Waals surface area contributed by atoms with Gasteiger partial charge in [0.1, 0.15) is 0 Å². The van der Waals surface area contributed by atoms with E-state index in [0.29, 0.717) is 16.3 Å². The summed E-state index contributed by atoms with van der Waals surface area (Å²) in [4.78, 5) is 11.3. The number of halogens is 1. The number of benzene rings is 2.